The summed E-state index contributed by atoms with van der Waals surface area (Å²) >= 11 is 0. The quantitative estimate of drug-likeness (QED) is 0.308. The second-order valence-electron chi connectivity index (χ2n) is 9.45. The first-order valence-electron chi connectivity index (χ1n) is 12.7. The molecule has 12 heteroatoms. The van der Waals surface area contributed by atoms with Crippen molar-refractivity contribution in [3.63, 3.8) is 0 Å². The van der Waals surface area contributed by atoms with Crippen LogP contribution in [0.25, 0.3) is 16.8 Å². The Bertz CT molecular complexity index is 1720. The van der Waals surface area contributed by atoms with Gasteiger partial charge in [-0.15, -0.1) is 0 Å². The maximum absolute atomic E-state index is 14.0. The van der Waals surface area contributed by atoms with E-state index in [1.807, 2.05) is 11.0 Å². The normalized spacial score (nSPS) is 14.2. The van der Waals surface area contributed by atoms with Crippen LogP contribution in [-0.4, -0.2) is 61.8 Å². The van der Waals surface area contributed by atoms with E-state index in [9.17, 15) is 26.8 Å². The van der Waals surface area contributed by atoms with Gasteiger partial charge in [0.1, 0.15) is 11.6 Å². The summed E-state index contributed by atoms with van der Waals surface area (Å²) in [5.74, 6) is -2.40. The van der Waals surface area contributed by atoms with Gasteiger partial charge in [0.05, 0.1) is 41.6 Å². The number of hydrogen-bond acceptors (Lipinski definition) is 7. The third kappa shape index (κ3) is 6.03. The molecule has 0 saturated carbocycles. The highest BCUT2D eigenvalue weighted by Gasteiger charge is 2.29. The third-order valence-corrected chi connectivity index (χ3v) is 8.66. The summed E-state index contributed by atoms with van der Waals surface area (Å²) < 4.78 is 61.1. The van der Waals surface area contributed by atoms with Crippen LogP contribution < -0.4 is 10.5 Å². The first-order chi connectivity index (χ1) is 19.7. The molecule has 0 spiro atoms. The number of aromatic nitrogens is 2. The van der Waals surface area contributed by atoms with Gasteiger partial charge < -0.3 is 9.64 Å². The lowest BCUT2D eigenvalue weighted by atomic mass is 10.0. The van der Waals surface area contributed by atoms with Crippen molar-refractivity contribution in [2.24, 2.45) is 0 Å². The highest BCUT2D eigenvalue weighted by atomic mass is 32.2. The fraction of sp³-hybridized carbons (Fsp3) is 0.207. The molecular formula is C29H26F2N4O5S. The standard InChI is InChI=1S/C29H26F2N4O5S/c1-40-29(37)22-9-7-21(8-10-22)27-26(18-32-35(28(27)36)25-16-23(30)15-24(31)17-25)33-11-13-34(14-12-33)41(38,39)19-20-5-3-2-4-6-20/h2-10,15-18H,11-14,19H2,1H3. The molecule has 0 atom stereocenters. The maximum Gasteiger partial charge on any atom is 0.337 e. The van der Waals surface area contributed by atoms with Crippen molar-refractivity contribution in [3.8, 4) is 16.8 Å². The molecule has 0 amide bonds. The fourth-order valence-electron chi connectivity index (χ4n) is 4.78. The maximum atomic E-state index is 14.0. The van der Waals surface area contributed by atoms with Crippen molar-refractivity contribution in [2.75, 3.05) is 38.2 Å². The third-order valence-electron chi connectivity index (χ3n) is 6.81. The Morgan fingerprint density at radius 1 is 0.927 bits per heavy atom. The zero-order valence-electron chi connectivity index (χ0n) is 22.0. The van der Waals surface area contributed by atoms with Crippen molar-refractivity contribution in [2.45, 2.75) is 5.75 Å². The molecule has 212 valence electrons. The van der Waals surface area contributed by atoms with Gasteiger partial charge in [0.2, 0.25) is 10.0 Å². The molecule has 0 aliphatic carbocycles. The molecule has 5 rings (SSSR count). The first kappa shape index (κ1) is 28.1. The van der Waals surface area contributed by atoms with Crippen LogP contribution in [0.15, 0.2) is 83.8 Å². The Kier molecular flexibility index (Phi) is 7.95. The van der Waals surface area contributed by atoms with E-state index in [2.05, 4.69) is 5.10 Å². The predicted octanol–water partition coefficient (Wildman–Crippen LogP) is 3.62. The van der Waals surface area contributed by atoms with Gasteiger partial charge in [0.15, 0.2) is 0 Å². The summed E-state index contributed by atoms with van der Waals surface area (Å²) in [5, 5.41) is 4.20. The number of ether oxygens (including phenoxy) is 1. The number of hydrogen-bond donors (Lipinski definition) is 0. The van der Waals surface area contributed by atoms with Gasteiger partial charge in [0.25, 0.3) is 5.56 Å². The van der Waals surface area contributed by atoms with Gasteiger partial charge in [-0.05, 0) is 35.4 Å². The topological polar surface area (TPSA) is 102 Å². The number of carbonyl (C=O) groups is 1. The monoisotopic (exact) mass is 580 g/mol. The molecule has 9 nitrogen and oxygen atoms in total. The number of rotatable bonds is 7. The van der Waals surface area contributed by atoms with Crippen molar-refractivity contribution < 1.29 is 26.7 Å². The summed E-state index contributed by atoms with van der Waals surface area (Å²) in [5.41, 5.74) is 1.27. The van der Waals surface area contributed by atoms with E-state index in [0.29, 0.717) is 22.9 Å². The van der Waals surface area contributed by atoms with E-state index in [4.69, 9.17) is 4.74 Å². The number of nitrogens with zero attached hydrogens (tertiary/aromatic N) is 4. The van der Waals surface area contributed by atoms with Crippen LogP contribution in [0.3, 0.4) is 0 Å². The summed E-state index contributed by atoms with van der Waals surface area (Å²) in [7, 11) is -2.31. The van der Waals surface area contributed by atoms with Crippen molar-refractivity contribution in [1.82, 2.24) is 14.1 Å². The molecule has 1 aliphatic rings. The molecule has 4 aromatic rings. The van der Waals surface area contributed by atoms with E-state index in [1.54, 1.807) is 36.4 Å². The molecule has 3 aromatic carbocycles. The molecule has 1 aliphatic heterocycles. The summed E-state index contributed by atoms with van der Waals surface area (Å²) in [4.78, 5) is 27.6. The Morgan fingerprint density at radius 2 is 1.56 bits per heavy atom. The molecule has 1 fully saturated rings. The summed E-state index contributed by atoms with van der Waals surface area (Å²) in [6.07, 6.45) is 1.42. The highest BCUT2D eigenvalue weighted by Crippen LogP contribution is 2.29. The van der Waals surface area contributed by atoms with Gasteiger partial charge >= 0.3 is 5.97 Å². The van der Waals surface area contributed by atoms with Crippen molar-refractivity contribution in [1.29, 1.82) is 0 Å². The molecule has 0 N–H and O–H groups in total. The van der Waals surface area contributed by atoms with E-state index in [0.717, 1.165) is 16.8 Å². The number of anilines is 1. The Hall–Kier alpha value is -4.42. The molecule has 41 heavy (non-hydrogen) atoms. The lowest BCUT2D eigenvalue weighted by Gasteiger charge is -2.36. The number of esters is 1. The highest BCUT2D eigenvalue weighted by molar-refractivity contribution is 7.88. The van der Waals surface area contributed by atoms with Crippen molar-refractivity contribution in [3.05, 3.63) is 112 Å². The van der Waals surface area contributed by atoms with Crippen LogP contribution in [0.1, 0.15) is 15.9 Å². The largest absolute Gasteiger partial charge is 0.465 e. The molecule has 2 heterocycles. The number of sulfonamides is 1. The zero-order valence-corrected chi connectivity index (χ0v) is 22.9. The van der Waals surface area contributed by atoms with E-state index in [1.165, 1.54) is 29.7 Å². The smallest absolute Gasteiger partial charge is 0.337 e. The van der Waals surface area contributed by atoms with Gasteiger partial charge in [-0.2, -0.15) is 14.1 Å². The molecule has 1 aromatic heterocycles. The number of carbonyl (C=O) groups excluding carboxylic acids is 1. The van der Waals surface area contributed by atoms with E-state index < -0.39 is 33.2 Å². The average molecular weight is 581 g/mol. The Morgan fingerprint density at radius 3 is 2.17 bits per heavy atom. The summed E-state index contributed by atoms with van der Waals surface area (Å²) in [6.45, 7) is 0.935. The molecule has 0 unspecified atom stereocenters. The number of halogens is 2. The fourth-order valence-corrected chi connectivity index (χ4v) is 6.29. The van der Waals surface area contributed by atoms with Crippen molar-refractivity contribution >= 4 is 21.7 Å². The first-order valence-corrected chi connectivity index (χ1v) is 14.3. The Balaban J connectivity index is 1.49. The van der Waals surface area contributed by atoms with Gasteiger partial charge in [-0.25, -0.2) is 22.0 Å². The van der Waals surface area contributed by atoms with Crippen LogP contribution in [0.4, 0.5) is 14.5 Å². The van der Waals surface area contributed by atoms with Gasteiger partial charge in [-0.3, -0.25) is 4.79 Å². The minimum atomic E-state index is -3.57. The minimum Gasteiger partial charge on any atom is -0.465 e. The molecular weight excluding hydrogens is 554 g/mol. The van der Waals surface area contributed by atoms with Crippen LogP contribution in [0, 0.1) is 11.6 Å². The van der Waals surface area contributed by atoms with Gasteiger partial charge in [-0.1, -0.05) is 42.5 Å². The predicted molar refractivity (Wildman–Crippen MR) is 149 cm³/mol. The van der Waals surface area contributed by atoms with E-state index >= 15 is 0 Å². The van der Waals surface area contributed by atoms with Crippen LogP contribution >= 0.6 is 0 Å². The lowest BCUT2D eigenvalue weighted by Crippen LogP contribution is -2.49. The Labute approximate surface area is 235 Å². The zero-order chi connectivity index (χ0) is 29.1. The number of piperazine rings is 1. The summed E-state index contributed by atoms with van der Waals surface area (Å²) in [6, 6.07) is 17.8. The molecule has 0 radical (unpaired) electrons. The number of benzene rings is 3. The second-order valence-corrected chi connectivity index (χ2v) is 11.4. The lowest BCUT2D eigenvalue weighted by molar-refractivity contribution is 0.0600. The van der Waals surface area contributed by atoms with Gasteiger partial charge in [0, 0.05) is 32.2 Å². The second kappa shape index (κ2) is 11.6. The van der Waals surface area contributed by atoms with E-state index in [-0.39, 0.29) is 48.7 Å². The van der Waals surface area contributed by atoms with Crippen LogP contribution in [-0.2, 0) is 20.5 Å². The molecule has 1 saturated heterocycles. The minimum absolute atomic E-state index is 0.0942. The number of methoxy groups -OCH3 is 1. The van der Waals surface area contributed by atoms with Crippen LogP contribution in [0.5, 0.6) is 0 Å². The SMILES string of the molecule is COC(=O)c1ccc(-c2c(N3CCN(S(=O)(=O)Cc4ccccc4)CC3)cnn(-c3cc(F)cc(F)c3)c2=O)cc1. The van der Waals surface area contributed by atoms with Crippen LogP contribution in [0.2, 0.25) is 0 Å². The molecule has 0 bridgehead atoms. The average Bonchev–Trinajstić information content (AvgIpc) is 2.96.